The molecule has 0 saturated heterocycles. The van der Waals surface area contributed by atoms with Crippen molar-refractivity contribution in [3.63, 3.8) is 0 Å². The molecule has 0 radical (unpaired) electrons. The molecule has 4 N–H and O–H groups in total. The summed E-state index contributed by atoms with van der Waals surface area (Å²) in [5.41, 5.74) is 6.99. The Morgan fingerprint density at radius 3 is 2.89 bits per heavy atom. The number of hydrogen-bond donors (Lipinski definition) is 3. The highest BCUT2D eigenvalue weighted by Crippen LogP contribution is 2.36. The number of nitrogen functional groups attached to an aromatic ring is 1. The Kier molecular flexibility index (Phi) is 2.64. The average Bonchev–Trinajstić information content (AvgIpc) is 2.93. The third kappa shape index (κ3) is 1.63. The third-order valence-electron chi connectivity index (χ3n) is 3.65. The number of anilines is 1. The normalized spacial score (nSPS) is 28.0. The summed E-state index contributed by atoms with van der Waals surface area (Å²) in [6, 6.07) is 0.0939. The van der Waals surface area contributed by atoms with E-state index in [4.69, 9.17) is 5.73 Å². The Bertz CT molecular complexity index is 570. The van der Waals surface area contributed by atoms with Crippen LogP contribution in [-0.2, 0) is 0 Å². The van der Waals surface area contributed by atoms with Crippen LogP contribution >= 0.6 is 0 Å². The smallest absolute Gasteiger partial charge is 0.165 e. The summed E-state index contributed by atoms with van der Waals surface area (Å²) in [7, 11) is 0. The highest BCUT2D eigenvalue weighted by molar-refractivity contribution is 5.81. The molecule has 0 aliphatic heterocycles. The molecule has 96 valence electrons. The molecule has 2 aromatic heterocycles. The molecule has 0 unspecified atom stereocenters. The van der Waals surface area contributed by atoms with Crippen LogP contribution in [0.4, 0.5) is 5.82 Å². The summed E-state index contributed by atoms with van der Waals surface area (Å²) in [5.74, 6) is 0.280. The van der Waals surface area contributed by atoms with Crippen LogP contribution in [0, 0.1) is 5.92 Å². The molecule has 3 rings (SSSR count). The summed E-state index contributed by atoms with van der Waals surface area (Å²) in [6.07, 6.45) is 3.92. The van der Waals surface area contributed by atoms with E-state index in [1.807, 2.05) is 4.57 Å². The van der Waals surface area contributed by atoms with Crippen LogP contribution in [0.5, 0.6) is 0 Å². The standard InChI is InChI=1S/C11H15N5O2/c12-10-9-11(14-4-13-10)16(5-15-9)7-1-6(3-17)8(18)2-7/h4-8,17-18H,1-3H2,(H2,12,13,14)/t6-,7-,8+/m1/s1. The highest BCUT2D eigenvalue weighted by atomic mass is 16.3. The maximum atomic E-state index is 9.83. The van der Waals surface area contributed by atoms with E-state index in [2.05, 4.69) is 15.0 Å². The fourth-order valence-electron chi connectivity index (χ4n) is 2.63. The maximum Gasteiger partial charge on any atom is 0.165 e. The first-order valence-corrected chi connectivity index (χ1v) is 5.92. The van der Waals surface area contributed by atoms with Gasteiger partial charge in [0.25, 0.3) is 0 Å². The number of hydrogen-bond acceptors (Lipinski definition) is 6. The molecule has 1 aliphatic carbocycles. The zero-order valence-electron chi connectivity index (χ0n) is 9.77. The SMILES string of the molecule is Nc1ncnc2c1ncn2[C@@H]1C[C@H](CO)[C@@H](O)C1. The highest BCUT2D eigenvalue weighted by Gasteiger charge is 2.34. The Morgan fingerprint density at radius 2 is 2.17 bits per heavy atom. The molecule has 0 bridgehead atoms. The molecule has 2 aromatic rings. The summed E-state index contributed by atoms with van der Waals surface area (Å²) in [4.78, 5) is 12.3. The van der Waals surface area contributed by atoms with Gasteiger partial charge in [-0.2, -0.15) is 0 Å². The lowest BCUT2D eigenvalue weighted by Gasteiger charge is -2.11. The predicted molar refractivity (Wildman–Crippen MR) is 64.6 cm³/mol. The number of fused-ring (bicyclic) bond motifs is 1. The number of nitrogens with two attached hydrogens (primary N) is 1. The van der Waals surface area contributed by atoms with Crippen LogP contribution < -0.4 is 5.73 Å². The minimum atomic E-state index is -0.475. The van der Waals surface area contributed by atoms with Crippen LogP contribution in [0.2, 0.25) is 0 Å². The molecule has 0 aromatic carbocycles. The summed E-state index contributed by atoms with van der Waals surface area (Å²) in [6.45, 7) is 0.00141. The predicted octanol–water partition coefficient (Wildman–Crippen LogP) is -0.287. The average molecular weight is 249 g/mol. The van der Waals surface area contributed by atoms with Gasteiger partial charge in [0, 0.05) is 18.6 Å². The quantitative estimate of drug-likeness (QED) is 0.674. The van der Waals surface area contributed by atoms with Gasteiger partial charge in [0.05, 0.1) is 12.4 Å². The van der Waals surface area contributed by atoms with Gasteiger partial charge in [0.2, 0.25) is 0 Å². The van der Waals surface area contributed by atoms with E-state index < -0.39 is 6.10 Å². The second-order valence-electron chi connectivity index (χ2n) is 4.72. The van der Waals surface area contributed by atoms with Crippen LogP contribution in [0.3, 0.4) is 0 Å². The summed E-state index contributed by atoms with van der Waals surface area (Å²) >= 11 is 0. The summed E-state index contributed by atoms with van der Waals surface area (Å²) in [5, 5.41) is 19.0. The number of aliphatic hydroxyl groups excluding tert-OH is 2. The van der Waals surface area contributed by atoms with E-state index in [1.54, 1.807) is 6.33 Å². The lowest BCUT2D eigenvalue weighted by Crippen LogP contribution is -2.16. The van der Waals surface area contributed by atoms with Crippen molar-refractivity contribution >= 4 is 17.0 Å². The van der Waals surface area contributed by atoms with E-state index in [9.17, 15) is 10.2 Å². The molecule has 7 heteroatoms. The Hall–Kier alpha value is -1.73. The van der Waals surface area contributed by atoms with E-state index >= 15 is 0 Å². The molecule has 0 spiro atoms. The van der Waals surface area contributed by atoms with Gasteiger partial charge in [-0.1, -0.05) is 0 Å². The van der Waals surface area contributed by atoms with Crippen molar-refractivity contribution in [2.75, 3.05) is 12.3 Å². The van der Waals surface area contributed by atoms with Gasteiger partial charge in [-0.25, -0.2) is 15.0 Å². The van der Waals surface area contributed by atoms with E-state index in [-0.39, 0.29) is 18.6 Å². The van der Waals surface area contributed by atoms with Crippen LogP contribution in [0.25, 0.3) is 11.2 Å². The van der Waals surface area contributed by atoms with E-state index in [1.165, 1.54) is 6.33 Å². The molecule has 7 nitrogen and oxygen atoms in total. The molecule has 1 fully saturated rings. The zero-order chi connectivity index (χ0) is 12.7. The second-order valence-corrected chi connectivity index (χ2v) is 4.72. The zero-order valence-corrected chi connectivity index (χ0v) is 9.77. The number of aromatic nitrogens is 4. The van der Waals surface area contributed by atoms with Gasteiger partial charge >= 0.3 is 0 Å². The van der Waals surface area contributed by atoms with Gasteiger partial charge in [0.1, 0.15) is 11.8 Å². The molecule has 1 saturated carbocycles. The first-order chi connectivity index (χ1) is 8.70. The van der Waals surface area contributed by atoms with Crippen LogP contribution in [0.15, 0.2) is 12.7 Å². The minimum absolute atomic E-state index is 0.00141. The minimum Gasteiger partial charge on any atom is -0.396 e. The van der Waals surface area contributed by atoms with Gasteiger partial charge in [0.15, 0.2) is 11.5 Å². The van der Waals surface area contributed by atoms with Crippen molar-refractivity contribution in [1.82, 2.24) is 19.5 Å². The van der Waals surface area contributed by atoms with E-state index in [0.29, 0.717) is 29.8 Å². The second kappa shape index (κ2) is 4.18. The van der Waals surface area contributed by atoms with Crippen molar-refractivity contribution in [2.24, 2.45) is 5.92 Å². The fraction of sp³-hybridized carbons (Fsp3) is 0.545. The number of imidazole rings is 1. The number of aliphatic hydroxyl groups is 2. The van der Waals surface area contributed by atoms with Crippen molar-refractivity contribution < 1.29 is 10.2 Å². The molecule has 3 atom stereocenters. The van der Waals surface area contributed by atoms with Gasteiger partial charge < -0.3 is 20.5 Å². The summed E-state index contributed by atoms with van der Waals surface area (Å²) < 4.78 is 1.91. The van der Waals surface area contributed by atoms with Gasteiger partial charge in [-0.15, -0.1) is 0 Å². The van der Waals surface area contributed by atoms with Crippen LogP contribution in [0.1, 0.15) is 18.9 Å². The molecule has 1 aliphatic rings. The Labute approximate surface area is 103 Å². The van der Waals surface area contributed by atoms with Crippen molar-refractivity contribution in [2.45, 2.75) is 25.0 Å². The van der Waals surface area contributed by atoms with E-state index in [0.717, 1.165) is 0 Å². The first-order valence-electron chi connectivity index (χ1n) is 5.92. The van der Waals surface area contributed by atoms with Gasteiger partial charge in [-0.3, -0.25) is 0 Å². The van der Waals surface area contributed by atoms with Crippen molar-refractivity contribution in [1.29, 1.82) is 0 Å². The molecular weight excluding hydrogens is 234 g/mol. The molecule has 2 heterocycles. The van der Waals surface area contributed by atoms with Gasteiger partial charge in [-0.05, 0) is 12.8 Å². The van der Waals surface area contributed by atoms with Crippen molar-refractivity contribution in [3.05, 3.63) is 12.7 Å². The first kappa shape index (κ1) is 11.4. The fourth-order valence-corrected chi connectivity index (χ4v) is 2.63. The topological polar surface area (TPSA) is 110 Å². The molecule has 18 heavy (non-hydrogen) atoms. The number of nitrogens with zero attached hydrogens (tertiary/aromatic N) is 4. The Balaban J connectivity index is 1.99. The monoisotopic (exact) mass is 249 g/mol. The lowest BCUT2D eigenvalue weighted by atomic mass is 10.1. The Morgan fingerprint density at radius 1 is 1.33 bits per heavy atom. The van der Waals surface area contributed by atoms with Crippen molar-refractivity contribution in [3.8, 4) is 0 Å². The van der Waals surface area contributed by atoms with Crippen LogP contribution in [-0.4, -0.2) is 42.4 Å². The molecular formula is C11H15N5O2. The molecule has 0 amide bonds. The maximum absolute atomic E-state index is 9.83. The largest absolute Gasteiger partial charge is 0.396 e. The third-order valence-corrected chi connectivity index (χ3v) is 3.65. The number of rotatable bonds is 2. The lowest BCUT2D eigenvalue weighted by molar-refractivity contribution is 0.0906.